The molecule has 0 spiro atoms. The Balaban J connectivity index is 4.75. The number of rotatable bonds is 21. The summed E-state index contributed by atoms with van der Waals surface area (Å²) in [5.74, 6) is -0.151. The molecule has 0 bridgehead atoms. The van der Waals surface area contributed by atoms with Crippen LogP contribution in [0.2, 0.25) is 0 Å². The number of hydrogen-bond donors (Lipinski definition) is 1. The normalized spacial score (nSPS) is 13.0. The first-order valence-electron chi connectivity index (χ1n) is 12.8. The Labute approximate surface area is 177 Å². The van der Waals surface area contributed by atoms with E-state index in [0.717, 1.165) is 38.5 Å². The van der Waals surface area contributed by atoms with Gasteiger partial charge in [0.15, 0.2) is 0 Å². The highest BCUT2D eigenvalue weighted by Gasteiger charge is 2.43. The van der Waals surface area contributed by atoms with Gasteiger partial charge in [-0.05, 0) is 31.6 Å². The maximum Gasteiger partial charge on any atom is 0.309 e. The van der Waals surface area contributed by atoms with Gasteiger partial charge >= 0.3 is 5.97 Å². The first-order chi connectivity index (χ1) is 13.6. The molecule has 0 radical (unpaired) electrons. The number of unbranched alkanes of at least 4 members (excludes halogenated alkanes) is 11. The van der Waals surface area contributed by atoms with Crippen LogP contribution < -0.4 is 0 Å². The molecular formula is C26H52O2. The third-order valence-electron chi connectivity index (χ3n) is 6.66. The van der Waals surface area contributed by atoms with Crippen molar-refractivity contribution in [2.75, 3.05) is 0 Å². The number of carbonyl (C=O) groups is 1. The van der Waals surface area contributed by atoms with Gasteiger partial charge in [-0.15, -0.1) is 0 Å². The lowest BCUT2D eigenvalue weighted by atomic mass is 9.65. The smallest absolute Gasteiger partial charge is 0.309 e. The molecule has 168 valence electrons. The van der Waals surface area contributed by atoms with Gasteiger partial charge in [0.05, 0.1) is 5.41 Å². The summed E-state index contributed by atoms with van der Waals surface area (Å²) in [6.45, 7) is 8.83. The molecule has 2 nitrogen and oxygen atoms in total. The van der Waals surface area contributed by atoms with E-state index in [4.69, 9.17) is 0 Å². The molecule has 0 aliphatic carbocycles. The molecular weight excluding hydrogens is 344 g/mol. The van der Waals surface area contributed by atoms with Crippen LogP contribution in [0.5, 0.6) is 0 Å². The van der Waals surface area contributed by atoms with Gasteiger partial charge in [0, 0.05) is 0 Å². The number of aliphatic carboxylic acids is 1. The zero-order valence-corrected chi connectivity index (χ0v) is 19.9. The fraction of sp³-hybridized carbons (Fsp3) is 0.962. The van der Waals surface area contributed by atoms with E-state index in [2.05, 4.69) is 27.7 Å². The summed E-state index contributed by atoms with van der Waals surface area (Å²) >= 11 is 0. The monoisotopic (exact) mass is 396 g/mol. The average molecular weight is 397 g/mol. The van der Waals surface area contributed by atoms with E-state index in [9.17, 15) is 9.90 Å². The van der Waals surface area contributed by atoms with Crippen LogP contribution >= 0.6 is 0 Å². The molecule has 0 saturated carbocycles. The molecule has 0 saturated heterocycles. The van der Waals surface area contributed by atoms with Crippen LogP contribution in [-0.4, -0.2) is 11.1 Å². The predicted octanol–water partition coefficient (Wildman–Crippen LogP) is 9.17. The van der Waals surface area contributed by atoms with Crippen LogP contribution in [0, 0.1) is 11.3 Å². The lowest BCUT2D eigenvalue weighted by Gasteiger charge is -2.38. The molecule has 0 aliphatic rings. The van der Waals surface area contributed by atoms with Crippen molar-refractivity contribution in [2.24, 2.45) is 11.3 Å². The number of carboxylic acids is 1. The molecule has 1 atom stereocenters. The van der Waals surface area contributed by atoms with Crippen molar-refractivity contribution < 1.29 is 9.90 Å². The van der Waals surface area contributed by atoms with Gasteiger partial charge < -0.3 is 5.11 Å². The summed E-state index contributed by atoms with van der Waals surface area (Å²) in [7, 11) is 0. The first-order valence-corrected chi connectivity index (χ1v) is 12.8. The van der Waals surface area contributed by atoms with Crippen molar-refractivity contribution in [1.29, 1.82) is 0 Å². The Hall–Kier alpha value is -0.530. The Bertz CT molecular complexity index is 344. The highest BCUT2D eigenvalue weighted by atomic mass is 16.4. The highest BCUT2D eigenvalue weighted by Crippen LogP contribution is 2.44. The highest BCUT2D eigenvalue weighted by molar-refractivity contribution is 5.75. The van der Waals surface area contributed by atoms with Gasteiger partial charge in [0.2, 0.25) is 0 Å². The van der Waals surface area contributed by atoms with Gasteiger partial charge in [-0.25, -0.2) is 0 Å². The summed E-state index contributed by atoms with van der Waals surface area (Å²) in [4.78, 5) is 12.4. The minimum atomic E-state index is -0.518. The quantitative estimate of drug-likeness (QED) is 0.196. The predicted molar refractivity (Wildman–Crippen MR) is 124 cm³/mol. The minimum Gasteiger partial charge on any atom is -0.481 e. The summed E-state index contributed by atoms with van der Waals surface area (Å²) in [5, 5.41) is 10.2. The molecule has 1 unspecified atom stereocenters. The fourth-order valence-electron chi connectivity index (χ4n) is 5.03. The molecule has 0 aromatic rings. The van der Waals surface area contributed by atoms with Gasteiger partial charge in [-0.3, -0.25) is 4.79 Å². The summed E-state index contributed by atoms with van der Waals surface area (Å²) in [6.07, 6.45) is 22.9. The van der Waals surface area contributed by atoms with Crippen LogP contribution in [0.25, 0.3) is 0 Å². The average Bonchev–Trinajstić information content (AvgIpc) is 2.67. The standard InChI is InChI=1S/C26H52O2/c1-5-9-11-13-15-17-19-21-24(20-18-16-14-12-10-6-2)26(22-7-3,23-8-4)25(27)28/h24H,5-23H2,1-4H3,(H,27,28). The molecule has 0 rings (SSSR count). The SMILES string of the molecule is CCCCCCCCCC(CCCCCCCC)C(CCC)(CCC)C(=O)O. The second kappa shape index (κ2) is 18.5. The van der Waals surface area contributed by atoms with E-state index < -0.39 is 11.4 Å². The Morgan fingerprint density at radius 1 is 0.607 bits per heavy atom. The second-order valence-corrected chi connectivity index (χ2v) is 9.12. The van der Waals surface area contributed by atoms with Crippen molar-refractivity contribution in [1.82, 2.24) is 0 Å². The summed E-state index contributed by atoms with van der Waals surface area (Å²) < 4.78 is 0. The van der Waals surface area contributed by atoms with Crippen molar-refractivity contribution >= 4 is 5.97 Å². The van der Waals surface area contributed by atoms with Gasteiger partial charge in [0.25, 0.3) is 0 Å². The van der Waals surface area contributed by atoms with E-state index in [1.807, 2.05) is 0 Å². The van der Waals surface area contributed by atoms with Gasteiger partial charge in [0.1, 0.15) is 0 Å². The summed E-state index contributed by atoms with van der Waals surface area (Å²) in [6, 6.07) is 0. The lowest BCUT2D eigenvalue weighted by Crippen LogP contribution is -2.39. The Kier molecular flexibility index (Phi) is 18.1. The van der Waals surface area contributed by atoms with Gasteiger partial charge in [-0.2, -0.15) is 0 Å². The molecule has 0 fully saturated rings. The van der Waals surface area contributed by atoms with Crippen LogP contribution in [0.15, 0.2) is 0 Å². The summed E-state index contributed by atoms with van der Waals surface area (Å²) in [5.41, 5.74) is -0.477. The molecule has 0 heterocycles. The maximum atomic E-state index is 12.4. The molecule has 2 heteroatoms. The molecule has 1 N–H and O–H groups in total. The molecule has 0 aromatic carbocycles. The van der Waals surface area contributed by atoms with Gasteiger partial charge in [-0.1, -0.05) is 124 Å². The van der Waals surface area contributed by atoms with Crippen molar-refractivity contribution in [3.8, 4) is 0 Å². The molecule has 28 heavy (non-hydrogen) atoms. The zero-order valence-electron chi connectivity index (χ0n) is 19.9. The van der Waals surface area contributed by atoms with Crippen LogP contribution in [-0.2, 0) is 4.79 Å². The van der Waals surface area contributed by atoms with Crippen LogP contribution in [0.4, 0.5) is 0 Å². The second-order valence-electron chi connectivity index (χ2n) is 9.12. The van der Waals surface area contributed by atoms with E-state index in [0.29, 0.717) is 5.92 Å². The third kappa shape index (κ3) is 11.5. The Morgan fingerprint density at radius 2 is 0.964 bits per heavy atom. The topological polar surface area (TPSA) is 37.3 Å². The largest absolute Gasteiger partial charge is 0.481 e. The fourth-order valence-corrected chi connectivity index (χ4v) is 5.03. The van der Waals surface area contributed by atoms with Crippen molar-refractivity contribution in [3.63, 3.8) is 0 Å². The molecule has 0 amide bonds. The van der Waals surface area contributed by atoms with E-state index in [-0.39, 0.29) is 0 Å². The molecule has 0 aromatic heterocycles. The Morgan fingerprint density at radius 3 is 1.29 bits per heavy atom. The van der Waals surface area contributed by atoms with Crippen molar-refractivity contribution in [3.05, 3.63) is 0 Å². The van der Waals surface area contributed by atoms with Crippen LogP contribution in [0.1, 0.15) is 150 Å². The first kappa shape index (κ1) is 27.5. The van der Waals surface area contributed by atoms with Crippen molar-refractivity contribution in [2.45, 2.75) is 150 Å². The van der Waals surface area contributed by atoms with Crippen LogP contribution in [0.3, 0.4) is 0 Å². The van der Waals surface area contributed by atoms with E-state index >= 15 is 0 Å². The number of hydrogen-bond acceptors (Lipinski definition) is 1. The third-order valence-corrected chi connectivity index (χ3v) is 6.66. The lowest BCUT2D eigenvalue weighted by molar-refractivity contribution is -0.154. The maximum absolute atomic E-state index is 12.4. The zero-order chi connectivity index (χ0) is 21.1. The number of carboxylic acid groups (broad SMARTS) is 1. The van der Waals surface area contributed by atoms with E-state index in [1.54, 1.807) is 0 Å². The minimum absolute atomic E-state index is 0.367. The van der Waals surface area contributed by atoms with E-state index in [1.165, 1.54) is 83.5 Å². The molecule has 0 aliphatic heterocycles.